The Morgan fingerprint density at radius 3 is 2.66 bits per heavy atom. The van der Waals surface area contributed by atoms with Crippen LogP contribution in [0, 0.1) is 5.82 Å². The monoisotopic (exact) mass is 498 g/mol. The molecule has 1 aliphatic rings. The number of halogens is 2. The second kappa shape index (κ2) is 9.63. The third-order valence-corrected chi connectivity index (χ3v) is 5.91. The molecule has 1 heterocycles. The summed E-state index contributed by atoms with van der Waals surface area (Å²) in [5.41, 5.74) is 3.32. The summed E-state index contributed by atoms with van der Waals surface area (Å²) in [6.07, 6.45) is 1.67. The van der Waals surface area contributed by atoms with Crippen molar-refractivity contribution < 1.29 is 19.0 Å². The van der Waals surface area contributed by atoms with Crippen LogP contribution >= 0.6 is 15.9 Å². The molecule has 0 aliphatic carbocycles. The minimum absolute atomic E-state index is 0.0917. The van der Waals surface area contributed by atoms with Gasteiger partial charge < -0.3 is 19.9 Å². The fourth-order valence-corrected chi connectivity index (χ4v) is 4.12. The Labute approximate surface area is 195 Å². The lowest BCUT2D eigenvalue weighted by molar-refractivity contribution is 0.314. The van der Waals surface area contributed by atoms with E-state index >= 15 is 0 Å². The Balaban J connectivity index is 1.78. The maximum Gasteiger partial charge on any atom is 0.162 e. The highest BCUT2D eigenvalue weighted by Crippen LogP contribution is 2.38. The van der Waals surface area contributed by atoms with Gasteiger partial charge >= 0.3 is 0 Å². The van der Waals surface area contributed by atoms with Crippen molar-refractivity contribution in [1.29, 1.82) is 0 Å². The average molecular weight is 499 g/mol. The first kappa shape index (κ1) is 22.2. The molecular weight excluding hydrogens is 475 g/mol. The van der Waals surface area contributed by atoms with Crippen LogP contribution in [0.25, 0.3) is 5.70 Å². The second-order valence-electron chi connectivity index (χ2n) is 7.33. The molecule has 2 atom stereocenters. The van der Waals surface area contributed by atoms with E-state index in [1.165, 1.54) is 6.07 Å². The fraction of sp³-hybridized carbons (Fsp3) is 0.200. The van der Waals surface area contributed by atoms with Crippen molar-refractivity contribution in [3.8, 4) is 17.2 Å². The van der Waals surface area contributed by atoms with Gasteiger partial charge in [-0.3, -0.25) is 5.32 Å². The van der Waals surface area contributed by atoms with Crippen molar-refractivity contribution in [3.63, 3.8) is 0 Å². The van der Waals surface area contributed by atoms with Gasteiger partial charge in [0.25, 0.3) is 0 Å². The largest absolute Gasteiger partial charge is 0.504 e. The minimum Gasteiger partial charge on any atom is -0.504 e. The van der Waals surface area contributed by atoms with Gasteiger partial charge in [-0.05, 0) is 64.8 Å². The number of nitrogens with one attached hydrogen (secondary N) is 2. The molecule has 0 radical (unpaired) electrons. The van der Waals surface area contributed by atoms with Crippen LogP contribution in [0.2, 0.25) is 0 Å². The van der Waals surface area contributed by atoms with Crippen LogP contribution in [-0.4, -0.2) is 18.8 Å². The van der Waals surface area contributed by atoms with Gasteiger partial charge in [-0.15, -0.1) is 0 Å². The molecule has 3 aromatic carbocycles. The Hall–Kier alpha value is -3.03. The van der Waals surface area contributed by atoms with Gasteiger partial charge in [0.2, 0.25) is 0 Å². The molecule has 0 fully saturated rings. The summed E-state index contributed by atoms with van der Waals surface area (Å²) in [6, 6.07) is 17.7. The number of phenolic OH excluding ortho intramolecular Hbond substituents is 1. The molecule has 3 aromatic rings. The SMILES string of the molecule is CCOc1cccc(C2C=C(c3cccc(OC)c3)NC(c3ccc(F)c(Br)c3)N2)c1O. The topological polar surface area (TPSA) is 62.8 Å². The van der Waals surface area contributed by atoms with Crippen molar-refractivity contribution in [2.24, 2.45) is 0 Å². The molecule has 0 amide bonds. The van der Waals surface area contributed by atoms with Crippen LogP contribution in [0.4, 0.5) is 4.39 Å². The summed E-state index contributed by atoms with van der Waals surface area (Å²) in [7, 11) is 1.63. The normalized spacial score (nSPS) is 17.9. The van der Waals surface area contributed by atoms with Crippen molar-refractivity contribution in [1.82, 2.24) is 10.6 Å². The number of aromatic hydroxyl groups is 1. The quantitative estimate of drug-likeness (QED) is 0.408. The molecule has 166 valence electrons. The van der Waals surface area contributed by atoms with Gasteiger partial charge in [0, 0.05) is 16.8 Å². The predicted octanol–water partition coefficient (Wildman–Crippen LogP) is 5.67. The Kier molecular flexibility index (Phi) is 6.67. The Bertz CT molecular complexity index is 1150. The lowest BCUT2D eigenvalue weighted by Crippen LogP contribution is -2.39. The second-order valence-corrected chi connectivity index (χ2v) is 8.19. The summed E-state index contributed by atoms with van der Waals surface area (Å²) in [4.78, 5) is 0. The van der Waals surface area contributed by atoms with Crippen LogP contribution in [0.1, 0.15) is 35.8 Å². The summed E-state index contributed by atoms with van der Waals surface area (Å²) in [6.45, 7) is 2.33. The summed E-state index contributed by atoms with van der Waals surface area (Å²) in [5.74, 6) is 0.936. The molecule has 2 unspecified atom stereocenters. The van der Waals surface area contributed by atoms with Gasteiger partial charge in [0.15, 0.2) is 11.5 Å². The fourth-order valence-electron chi connectivity index (χ4n) is 3.72. The van der Waals surface area contributed by atoms with E-state index in [1.807, 2.05) is 49.4 Å². The molecule has 0 saturated heterocycles. The molecule has 7 heteroatoms. The molecule has 0 spiro atoms. The van der Waals surface area contributed by atoms with Crippen LogP contribution in [0.5, 0.6) is 17.2 Å². The number of phenols is 1. The van der Waals surface area contributed by atoms with E-state index in [-0.39, 0.29) is 23.8 Å². The van der Waals surface area contributed by atoms with Crippen molar-refractivity contribution >= 4 is 21.6 Å². The van der Waals surface area contributed by atoms with E-state index in [1.54, 1.807) is 25.3 Å². The van der Waals surface area contributed by atoms with Crippen LogP contribution in [0.3, 0.4) is 0 Å². The maximum atomic E-state index is 13.8. The maximum absolute atomic E-state index is 13.8. The Morgan fingerprint density at radius 1 is 1.09 bits per heavy atom. The van der Waals surface area contributed by atoms with Crippen molar-refractivity contribution in [2.75, 3.05) is 13.7 Å². The summed E-state index contributed by atoms with van der Waals surface area (Å²) in [5, 5.41) is 17.8. The molecule has 5 nitrogen and oxygen atoms in total. The number of benzene rings is 3. The summed E-state index contributed by atoms with van der Waals surface area (Å²) < 4.78 is 25.2. The van der Waals surface area contributed by atoms with Crippen LogP contribution in [-0.2, 0) is 0 Å². The zero-order chi connectivity index (χ0) is 22.7. The smallest absolute Gasteiger partial charge is 0.162 e. The highest BCUT2D eigenvalue weighted by atomic mass is 79.9. The van der Waals surface area contributed by atoms with Crippen molar-refractivity contribution in [3.05, 3.63) is 93.7 Å². The lowest BCUT2D eigenvalue weighted by atomic mass is 9.97. The van der Waals surface area contributed by atoms with Crippen LogP contribution in [0.15, 0.2) is 71.2 Å². The van der Waals surface area contributed by atoms with E-state index < -0.39 is 0 Å². The molecule has 0 saturated carbocycles. The number of hydrogen-bond acceptors (Lipinski definition) is 5. The zero-order valence-corrected chi connectivity index (χ0v) is 19.3. The molecule has 3 N–H and O–H groups in total. The third kappa shape index (κ3) is 4.59. The minimum atomic E-state index is -0.335. The first-order valence-electron chi connectivity index (χ1n) is 10.3. The lowest BCUT2D eigenvalue weighted by Gasteiger charge is -2.33. The number of hydrogen-bond donors (Lipinski definition) is 3. The molecule has 32 heavy (non-hydrogen) atoms. The third-order valence-electron chi connectivity index (χ3n) is 5.30. The Morgan fingerprint density at radius 2 is 1.91 bits per heavy atom. The van der Waals surface area contributed by atoms with E-state index in [2.05, 4.69) is 26.6 Å². The predicted molar refractivity (Wildman–Crippen MR) is 126 cm³/mol. The van der Waals surface area contributed by atoms with E-state index in [9.17, 15) is 9.50 Å². The number of rotatable bonds is 6. The van der Waals surface area contributed by atoms with Gasteiger partial charge in [-0.25, -0.2) is 4.39 Å². The van der Waals surface area contributed by atoms with Gasteiger partial charge in [0.1, 0.15) is 17.7 Å². The van der Waals surface area contributed by atoms with E-state index in [0.717, 1.165) is 22.6 Å². The molecular formula is C25H24BrFN2O3. The highest BCUT2D eigenvalue weighted by Gasteiger charge is 2.27. The van der Waals surface area contributed by atoms with E-state index in [0.29, 0.717) is 22.4 Å². The number of methoxy groups -OCH3 is 1. The van der Waals surface area contributed by atoms with Crippen LogP contribution < -0.4 is 20.1 Å². The van der Waals surface area contributed by atoms with Gasteiger partial charge in [-0.1, -0.05) is 30.3 Å². The molecule has 0 aromatic heterocycles. The number of para-hydroxylation sites is 1. The average Bonchev–Trinajstić information content (AvgIpc) is 2.82. The van der Waals surface area contributed by atoms with E-state index in [4.69, 9.17) is 9.47 Å². The highest BCUT2D eigenvalue weighted by molar-refractivity contribution is 9.10. The zero-order valence-electron chi connectivity index (χ0n) is 17.7. The summed E-state index contributed by atoms with van der Waals surface area (Å²) >= 11 is 3.27. The molecule has 0 bridgehead atoms. The van der Waals surface area contributed by atoms with Crippen molar-refractivity contribution in [2.45, 2.75) is 19.1 Å². The van der Waals surface area contributed by atoms with Gasteiger partial charge in [0.05, 0.1) is 24.2 Å². The molecule has 1 aliphatic heterocycles. The van der Waals surface area contributed by atoms with Gasteiger partial charge in [-0.2, -0.15) is 0 Å². The molecule has 4 rings (SSSR count). The number of ether oxygens (including phenoxy) is 2. The first-order chi connectivity index (χ1) is 15.5. The first-order valence-corrected chi connectivity index (χ1v) is 11.1. The standard InChI is InChI=1S/C25H24BrFN2O3/c1-3-32-23-9-5-8-18(24(23)30)22-14-21(15-6-4-7-17(12-15)31-2)28-25(29-22)16-10-11-20(27)19(26)13-16/h4-14,22,25,28-30H,3H2,1-2H3.